The molecule has 3 aromatic carbocycles. The van der Waals surface area contributed by atoms with Crippen molar-refractivity contribution < 1.29 is 24.2 Å². The summed E-state index contributed by atoms with van der Waals surface area (Å²) in [4.78, 5) is 36.8. The monoisotopic (exact) mass is 536 g/mol. The number of amides is 2. The van der Waals surface area contributed by atoms with Crippen LogP contribution in [0.2, 0.25) is 0 Å². The van der Waals surface area contributed by atoms with Gasteiger partial charge in [0.1, 0.15) is 12.6 Å². The highest BCUT2D eigenvalue weighted by molar-refractivity contribution is 9.10. The van der Waals surface area contributed by atoms with E-state index in [0.29, 0.717) is 10.2 Å². The van der Waals surface area contributed by atoms with E-state index in [1.807, 2.05) is 50.2 Å². The Labute approximate surface area is 211 Å². The Bertz CT molecular complexity index is 1240. The first-order valence-electron chi connectivity index (χ1n) is 11.2. The molecule has 0 aromatic heterocycles. The van der Waals surface area contributed by atoms with Crippen molar-refractivity contribution in [1.29, 1.82) is 0 Å². The lowest BCUT2D eigenvalue weighted by Gasteiger charge is -2.22. The van der Waals surface area contributed by atoms with Gasteiger partial charge in [-0.25, -0.2) is 9.59 Å². The number of benzene rings is 3. The molecule has 4 rings (SSSR count). The summed E-state index contributed by atoms with van der Waals surface area (Å²) in [5.74, 6) is -1.80. The highest BCUT2D eigenvalue weighted by Crippen LogP contribution is 2.44. The first kappa shape index (κ1) is 24.5. The Morgan fingerprint density at radius 2 is 1.57 bits per heavy atom. The van der Waals surface area contributed by atoms with Crippen molar-refractivity contribution >= 4 is 39.6 Å². The molecule has 0 unspecified atom stereocenters. The number of carbonyl (C=O) groups is 3. The molecule has 1 atom stereocenters. The van der Waals surface area contributed by atoms with Gasteiger partial charge in [-0.2, -0.15) is 0 Å². The van der Waals surface area contributed by atoms with E-state index in [2.05, 4.69) is 38.7 Å². The summed E-state index contributed by atoms with van der Waals surface area (Å²) in [6.45, 7) is 3.78. The van der Waals surface area contributed by atoms with Crippen LogP contribution in [0.25, 0.3) is 11.1 Å². The third kappa shape index (κ3) is 5.22. The van der Waals surface area contributed by atoms with Crippen LogP contribution in [-0.4, -0.2) is 35.7 Å². The summed E-state index contributed by atoms with van der Waals surface area (Å²) in [5, 5.41) is 14.5. The fourth-order valence-electron chi connectivity index (χ4n) is 4.26. The van der Waals surface area contributed by atoms with Crippen LogP contribution in [0.5, 0.6) is 0 Å². The lowest BCUT2D eigenvalue weighted by Crippen LogP contribution is -2.47. The summed E-state index contributed by atoms with van der Waals surface area (Å²) < 4.78 is 6.01. The number of hydrogen-bond acceptors (Lipinski definition) is 4. The number of carboxylic acids is 1. The van der Waals surface area contributed by atoms with Crippen LogP contribution in [0.4, 0.5) is 10.5 Å². The fourth-order valence-corrected chi connectivity index (χ4v) is 4.74. The van der Waals surface area contributed by atoms with Gasteiger partial charge in [0.15, 0.2) is 0 Å². The minimum Gasteiger partial charge on any atom is -0.478 e. The van der Waals surface area contributed by atoms with E-state index in [0.717, 1.165) is 22.3 Å². The molecule has 0 radical (unpaired) electrons. The van der Waals surface area contributed by atoms with E-state index in [1.54, 1.807) is 0 Å². The predicted octanol–water partition coefficient (Wildman–Crippen LogP) is 5.65. The van der Waals surface area contributed by atoms with Crippen molar-refractivity contribution in [2.24, 2.45) is 5.92 Å². The van der Waals surface area contributed by atoms with Crippen molar-refractivity contribution in [2.75, 3.05) is 11.9 Å². The van der Waals surface area contributed by atoms with Gasteiger partial charge in [0, 0.05) is 10.4 Å². The smallest absolute Gasteiger partial charge is 0.407 e. The van der Waals surface area contributed by atoms with Gasteiger partial charge >= 0.3 is 12.1 Å². The van der Waals surface area contributed by atoms with Crippen molar-refractivity contribution in [3.8, 4) is 11.1 Å². The molecule has 0 fully saturated rings. The lowest BCUT2D eigenvalue weighted by atomic mass is 9.98. The molecule has 0 saturated heterocycles. The Kier molecular flexibility index (Phi) is 7.21. The molecule has 1 aliphatic carbocycles. The maximum atomic E-state index is 12.9. The summed E-state index contributed by atoms with van der Waals surface area (Å²) in [5.41, 5.74) is 4.97. The lowest BCUT2D eigenvalue weighted by molar-refractivity contribution is -0.119. The first-order chi connectivity index (χ1) is 16.8. The van der Waals surface area contributed by atoms with Gasteiger partial charge in [-0.05, 0) is 62.3 Å². The molecule has 0 bridgehead atoms. The van der Waals surface area contributed by atoms with Crippen LogP contribution in [-0.2, 0) is 9.53 Å². The van der Waals surface area contributed by atoms with E-state index >= 15 is 0 Å². The number of aromatic carboxylic acids is 1. The summed E-state index contributed by atoms with van der Waals surface area (Å²) in [6.07, 6.45) is -0.680. The van der Waals surface area contributed by atoms with E-state index in [1.165, 1.54) is 18.2 Å². The second-order valence-corrected chi connectivity index (χ2v) is 9.53. The minimum atomic E-state index is -1.07. The SMILES string of the molecule is CC(C)[C@@H](NC(=O)OCC1c2ccccc2-c2ccccc21)C(=O)Nc1ccc(C(=O)O)cc1Br. The maximum absolute atomic E-state index is 12.9. The van der Waals surface area contributed by atoms with E-state index in [9.17, 15) is 14.4 Å². The Balaban J connectivity index is 1.42. The Morgan fingerprint density at radius 1 is 0.971 bits per heavy atom. The van der Waals surface area contributed by atoms with Crippen molar-refractivity contribution in [3.63, 3.8) is 0 Å². The van der Waals surface area contributed by atoms with E-state index in [-0.39, 0.29) is 24.0 Å². The van der Waals surface area contributed by atoms with Crippen LogP contribution in [0.15, 0.2) is 71.2 Å². The largest absolute Gasteiger partial charge is 0.478 e. The van der Waals surface area contributed by atoms with Gasteiger partial charge in [-0.3, -0.25) is 4.79 Å². The Morgan fingerprint density at radius 3 is 2.11 bits per heavy atom. The molecule has 180 valence electrons. The quantitative estimate of drug-likeness (QED) is 0.362. The summed E-state index contributed by atoms with van der Waals surface area (Å²) in [6, 6.07) is 19.6. The van der Waals surface area contributed by atoms with Crippen LogP contribution in [0, 0.1) is 5.92 Å². The highest BCUT2D eigenvalue weighted by atomic mass is 79.9. The zero-order valence-corrected chi connectivity index (χ0v) is 20.8. The van der Waals surface area contributed by atoms with Crippen LogP contribution in [0.3, 0.4) is 0 Å². The predicted molar refractivity (Wildman–Crippen MR) is 137 cm³/mol. The van der Waals surface area contributed by atoms with Gasteiger partial charge < -0.3 is 20.5 Å². The molecule has 3 aromatic rings. The number of carbonyl (C=O) groups excluding carboxylic acids is 2. The molecular weight excluding hydrogens is 512 g/mol. The summed E-state index contributed by atoms with van der Waals surface area (Å²) in [7, 11) is 0. The number of rotatable bonds is 7. The number of carboxylic acid groups (broad SMARTS) is 1. The number of halogens is 1. The van der Waals surface area contributed by atoms with Gasteiger partial charge in [-0.15, -0.1) is 0 Å². The molecule has 0 spiro atoms. The number of anilines is 1. The molecule has 1 aliphatic rings. The number of ether oxygens (including phenoxy) is 1. The van der Waals surface area contributed by atoms with E-state index < -0.39 is 24.0 Å². The van der Waals surface area contributed by atoms with Crippen LogP contribution in [0.1, 0.15) is 41.3 Å². The zero-order valence-electron chi connectivity index (χ0n) is 19.2. The molecule has 7 nitrogen and oxygen atoms in total. The highest BCUT2D eigenvalue weighted by Gasteiger charge is 2.30. The second kappa shape index (κ2) is 10.3. The average Bonchev–Trinajstić information content (AvgIpc) is 3.15. The number of alkyl carbamates (subject to hydrolysis) is 1. The number of nitrogens with one attached hydrogen (secondary N) is 2. The standard InChI is InChI=1S/C27H25BrN2O5/c1-15(2)24(25(31)29-23-12-11-16(26(32)33)13-22(23)28)30-27(34)35-14-21-19-9-5-3-7-17(19)18-8-4-6-10-20(18)21/h3-13,15,21,24H,14H2,1-2H3,(H,29,31)(H,30,34)(H,32,33)/t24-/m1/s1. The topological polar surface area (TPSA) is 105 Å². The third-order valence-electron chi connectivity index (χ3n) is 6.04. The minimum absolute atomic E-state index is 0.0804. The molecule has 35 heavy (non-hydrogen) atoms. The molecular formula is C27H25BrN2O5. The maximum Gasteiger partial charge on any atom is 0.407 e. The van der Waals surface area contributed by atoms with E-state index in [4.69, 9.17) is 9.84 Å². The van der Waals surface area contributed by atoms with Crippen molar-refractivity contribution in [1.82, 2.24) is 5.32 Å². The molecule has 2 amide bonds. The van der Waals surface area contributed by atoms with Crippen LogP contribution >= 0.6 is 15.9 Å². The normalized spacial score (nSPS) is 13.0. The number of hydrogen-bond donors (Lipinski definition) is 3. The third-order valence-corrected chi connectivity index (χ3v) is 6.70. The molecule has 3 N–H and O–H groups in total. The molecule has 0 saturated carbocycles. The van der Waals surface area contributed by atoms with Gasteiger partial charge in [0.2, 0.25) is 5.91 Å². The first-order valence-corrected chi connectivity index (χ1v) is 12.0. The molecule has 0 heterocycles. The average molecular weight is 537 g/mol. The van der Waals surface area contributed by atoms with Gasteiger partial charge in [0.25, 0.3) is 0 Å². The van der Waals surface area contributed by atoms with Crippen molar-refractivity contribution in [3.05, 3.63) is 87.9 Å². The van der Waals surface area contributed by atoms with Gasteiger partial charge in [0.05, 0.1) is 11.3 Å². The fraction of sp³-hybridized carbons (Fsp3) is 0.222. The zero-order chi connectivity index (χ0) is 25.1. The van der Waals surface area contributed by atoms with Crippen LogP contribution < -0.4 is 10.6 Å². The van der Waals surface area contributed by atoms with Gasteiger partial charge in [-0.1, -0.05) is 62.4 Å². The van der Waals surface area contributed by atoms with Crippen molar-refractivity contribution in [2.45, 2.75) is 25.8 Å². The summed E-state index contributed by atoms with van der Waals surface area (Å²) >= 11 is 3.28. The molecule has 0 aliphatic heterocycles. The second-order valence-electron chi connectivity index (χ2n) is 8.68. The number of fused-ring (bicyclic) bond motifs is 3. The Hall–Kier alpha value is -3.65. The molecule has 8 heteroatoms.